The van der Waals surface area contributed by atoms with E-state index in [2.05, 4.69) is 10.3 Å². The lowest BCUT2D eigenvalue weighted by atomic mass is 10.0. The van der Waals surface area contributed by atoms with Gasteiger partial charge in [-0.15, -0.1) is 0 Å². The Morgan fingerprint density at radius 3 is 2.45 bits per heavy atom. The number of ether oxygens (including phenoxy) is 1. The van der Waals surface area contributed by atoms with Crippen LogP contribution in [0, 0.1) is 0 Å². The van der Waals surface area contributed by atoms with Crippen LogP contribution < -0.4 is 10.5 Å². The zero-order valence-electron chi connectivity index (χ0n) is 17.7. The number of nitrogens with one attached hydrogen (secondary N) is 1. The summed E-state index contributed by atoms with van der Waals surface area (Å²) in [6, 6.07) is 5.73. The smallest absolute Gasteiger partial charge is 0.323 e. The van der Waals surface area contributed by atoms with Crippen LogP contribution >= 0.6 is 0 Å². The molecule has 0 aliphatic heterocycles. The zero-order valence-corrected chi connectivity index (χ0v) is 18.6. The number of benzene rings is 1. The fourth-order valence-corrected chi connectivity index (χ4v) is 3.45. The Labute approximate surface area is 181 Å². The fourth-order valence-electron chi connectivity index (χ4n) is 2.93. The zero-order chi connectivity index (χ0) is 23.2. The van der Waals surface area contributed by atoms with Crippen molar-refractivity contribution in [3.8, 4) is 0 Å². The van der Waals surface area contributed by atoms with E-state index >= 15 is 0 Å². The largest absolute Gasteiger partial charge is 0.480 e. The molecule has 2 aromatic rings. The summed E-state index contributed by atoms with van der Waals surface area (Å²) < 4.78 is 29.8. The van der Waals surface area contributed by atoms with E-state index < -0.39 is 21.6 Å². The number of hydrogen-bond donors (Lipinski definition) is 3. The maximum atomic E-state index is 12.4. The van der Waals surface area contributed by atoms with Gasteiger partial charge in [-0.2, -0.15) is 0 Å². The lowest BCUT2D eigenvalue weighted by Crippen LogP contribution is -2.36. The summed E-state index contributed by atoms with van der Waals surface area (Å²) in [6.45, 7) is 5.36. The van der Waals surface area contributed by atoms with E-state index in [4.69, 9.17) is 15.0 Å². The Balaban J connectivity index is 2.13. The van der Waals surface area contributed by atoms with Crippen molar-refractivity contribution in [1.82, 2.24) is 14.9 Å². The van der Waals surface area contributed by atoms with Crippen LogP contribution in [-0.2, 0) is 43.9 Å². The quantitative estimate of drug-likeness (QED) is 0.452. The molecule has 0 aliphatic carbocycles. The van der Waals surface area contributed by atoms with Crippen molar-refractivity contribution in [3.63, 3.8) is 0 Å². The molecule has 0 fully saturated rings. The molecule has 1 aromatic carbocycles. The monoisotopic (exact) mass is 452 g/mol. The number of aromatic nitrogens is 2. The van der Waals surface area contributed by atoms with Gasteiger partial charge in [0.15, 0.2) is 0 Å². The first-order chi connectivity index (χ1) is 14.3. The molecule has 4 N–H and O–H groups in total. The molecule has 0 amide bonds. The molecule has 10 nitrogen and oxygen atoms in total. The number of imidazole rings is 1. The first-order valence-corrected chi connectivity index (χ1v) is 11.2. The van der Waals surface area contributed by atoms with E-state index in [0.29, 0.717) is 12.2 Å². The summed E-state index contributed by atoms with van der Waals surface area (Å²) in [5.74, 6) is -0.860. The van der Waals surface area contributed by atoms with Gasteiger partial charge in [-0.25, -0.2) is 18.5 Å². The third-order valence-electron chi connectivity index (χ3n) is 4.22. The molecule has 0 saturated carbocycles. The standard InChI is InChI=1S/C20H28N4O6S/c1-20(2,3)30-19(27)11-15(10-14-4-6-16(7-5-14)31(21,28)29)23-12-17-22-8-9-24(17)13-18(25)26/h4-9,15,23H,10-13H2,1-3H3,(H,25,26)(H2,21,28,29). The van der Waals surface area contributed by atoms with Gasteiger partial charge in [-0.05, 0) is 44.9 Å². The van der Waals surface area contributed by atoms with Crippen LogP contribution in [-0.4, -0.2) is 46.7 Å². The molecular weight excluding hydrogens is 424 g/mol. The first kappa shape index (κ1) is 24.5. The van der Waals surface area contributed by atoms with Crippen LogP contribution in [0.5, 0.6) is 0 Å². The van der Waals surface area contributed by atoms with Crippen LogP contribution in [0.1, 0.15) is 38.6 Å². The number of carboxylic acid groups (broad SMARTS) is 1. The molecular formula is C20H28N4O6S. The molecule has 31 heavy (non-hydrogen) atoms. The van der Waals surface area contributed by atoms with Crippen molar-refractivity contribution < 1.29 is 27.9 Å². The average molecular weight is 453 g/mol. The van der Waals surface area contributed by atoms with Gasteiger partial charge in [0.05, 0.1) is 17.9 Å². The Morgan fingerprint density at radius 1 is 1.26 bits per heavy atom. The van der Waals surface area contributed by atoms with Gasteiger partial charge in [0.25, 0.3) is 0 Å². The molecule has 170 valence electrons. The number of primary sulfonamides is 1. The molecule has 1 heterocycles. The normalized spacial score (nSPS) is 13.0. The molecule has 0 bridgehead atoms. The number of nitrogens with zero attached hydrogens (tertiary/aromatic N) is 2. The van der Waals surface area contributed by atoms with Gasteiger partial charge >= 0.3 is 11.9 Å². The fraction of sp³-hybridized carbons (Fsp3) is 0.450. The van der Waals surface area contributed by atoms with Gasteiger partial charge in [-0.1, -0.05) is 12.1 Å². The Kier molecular flexibility index (Phi) is 7.93. The molecule has 0 aliphatic rings. The number of nitrogens with two attached hydrogens (primary N) is 1. The molecule has 1 atom stereocenters. The highest BCUT2D eigenvalue weighted by Gasteiger charge is 2.21. The summed E-state index contributed by atoms with van der Waals surface area (Å²) in [7, 11) is -3.79. The SMILES string of the molecule is CC(C)(C)OC(=O)CC(Cc1ccc(S(N)(=O)=O)cc1)NCc1nccn1CC(=O)O. The van der Waals surface area contributed by atoms with Gasteiger partial charge in [-0.3, -0.25) is 9.59 Å². The van der Waals surface area contributed by atoms with Gasteiger partial charge < -0.3 is 19.7 Å². The number of rotatable bonds is 10. The number of sulfonamides is 1. The van der Waals surface area contributed by atoms with E-state index in [1.165, 1.54) is 22.9 Å². The highest BCUT2D eigenvalue weighted by molar-refractivity contribution is 7.89. The molecule has 11 heteroatoms. The second-order valence-electron chi connectivity index (χ2n) is 8.13. The van der Waals surface area contributed by atoms with E-state index in [9.17, 15) is 18.0 Å². The predicted molar refractivity (Wildman–Crippen MR) is 112 cm³/mol. The maximum Gasteiger partial charge on any atom is 0.323 e. The van der Waals surface area contributed by atoms with Crippen molar-refractivity contribution in [1.29, 1.82) is 0 Å². The maximum absolute atomic E-state index is 12.4. The summed E-state index contributed by atoms with van der Waals surface area (Å²) in [6.07, 6.45) is 3.55. The Morgan fingerprint density at radius 2 is 1.90 bits per heavy atom. The third-order valence-corrected chi connectivity index (χ3v) is 5.15. The van der Waals surface area contributed by atoms with Crippen LogP contribution in [0.15, 0.2) is 41.6 Å². The number of hydrogen-bond acceptors (Lipinski definition) is 7. The van der Waals surface area contributed by atoms with Gasteiger partial charge in [0.2, 0.25) is 10.0 Å². The van der Waals surface area contributed by atoms with Crippen molar-refractivity contribution >= 4 is 22.0 Å². The highest BCUT2D eigenvalue weighted by atomic mass is 32.2. The second-order valence-corrected chi connectivity index (χ2v) is 9.69. The third kappa shape index (κ3) is 8.48. The van der Waals surface area contributed by atoms with Crippen molar-refractivity contribution in [2.75, 3.05) is 0 Å². The topological polar surface area (TPSA) is 154 Å². The minimum absolute atomic E-state index is 0.00333. The Bertz CT molecular complexity index is 1010. The van der Waals surface area contributed by atoms with E-state index in [-0.39, 0.29) is 36.4 Å². The predicted octanol–water partition coefficient (Wildman–Crippen LogP) is 1.05. The minimum atomic E-state index is -3.79. The van der Waals surface area contributed by atoms with E-state index in [0.717, 1.165) is 5.56 Å². The van der Waals surface area contributed by atoms with Crippen LogP contribution in [0.25, 0.3) is 0 Å². The molecule has 0 spiro atoms. The number of carboxylic acids is 1. The molecule has 1 aromatic heterocycles. The molecule has 1 unspecified atom stereocenters. The molecule has 0 radical (unpaired) electrons. The second kappa shape index (κ2) is 10.0. The van der Waals surface area contributed by atoms with E-state index in [1.807, 2.05) is 0 Å². The highest BCUT2D eigenvalue weighted by Crippen LogP contribution is 2.15. The van der Waals surface area contributed by atoms with Crippen LogP contribution in [0.2, 0.25) is 0 Å². The van der Waals surface area contributed by atoms with Crippen LogP contribution in [0.3, 0.4) is 0 Å². The number of carbonyl (C=O) groups is 2. The molecule has 2 rings (SSSR count). The first-order valence-electron chi connectivity index (χ1n) is 9.62. The summed E-state index contributed by atoms with van der Waals surface area (Å²) in [5.41, 5.74) is 0.165. The Hall–Kier alpha value is -2.76. The van der Waals surface area contributed by atoms with Crippen molar-refractivity contribution in [2.24, 2.45) is 5.14 Å². The number of aliphatic carboxylic acids is 1. The minimum Gasteiger partial charge on any atom is -0.480 e. The lowest BCUT2D eigenvalue weighted by molar-refractivity contribution is -0.155. The number of carbonyl (C=O) groups excluding carboxylic acids is 1. The summed E-state index contributed by atoms with van der Waals surface area (Å²) >= 11 is 0. The van der Waals surface area contributed by atoms with Gasteiger partial charge in [0, 0.05) is 18.4 Å². The van der Waals surface area contributed by atoms with Crippen molar-refractivity contribution in [2.45, 2.75) is 63.2 Å². The van der Waals surface area contributed by atoms with Crippen molar-refractivity contribution in [3.05, 3.63) is 48.0 Å². The molecule has 0 saturated heterocycles. The number of esters is 1. The lowest BCUT2D eigenvalue weighted by Gasteiger charge is -2.23. The summed E-state index contributed by atoms with van der Waals surface area (Å²) in [5, 5.41) is 17.4. The van der Waals surface area contributed by atoms with E-state index in [1.54, 1.807) is 39.1 Å². The van der Waals surface area contributed by atoms with Gasteiger partial charge in [0.1, 0.15) is 18.0 Å². The van der Waals surface area contributed by atoms with Crippen LogP contribution in [0.4, 0.5) is 0 Å². The summed E-state index contributed by atoms with van der Waals surface area (Å²) in [4.78, 5) is 27.5. The average Bonchev–Trinajstić information content (AvgIpc) is 3.04.